The third-order valence-corrected chi connectivity index (χ3v) is 18.1. The second-order valence-electron chi connectivity index (χ2n) is 18.0. The van der Waals surface area contributed by atoms with E-state index >= 15 is 0 Å². The molecule has 0 aromatic heterocycles. The zero-order valence-corrected chi connectivity index (χ0v) is 45.0. The number of nitrogens with zero attached hydrogens (tertiary/aromatic N) is 4. The molecular formula is C55H65N5O6S5. The molecule has 4 heterocycles. The van der Waals surface area contributed by atoms with Gasteiger partial charge in [-0.1, -0.05) is 97.0 Å². The number of carbonyl (C=O) groups is 1. The summed E-state index contributed by atoms with van der Waals surface area (Å²) in [5.41, 5.74) is 10.5. The van der Waals surface area contributed by atoms with Crippen molar-refractivity contribution in [3.8, 4) is 0 Å². The summed E-state index contributed by atoms with van der Waals surface area (Å²) in [5, 5.41) is 0. The minimum atomic E-state index is -4.00. The molecule has 1 amide bonds. The van der Waals surface area contributed by atoms with Crippen molar-refractivity contribution in [3.05, 3.63) is 151 Å². The first-order chi connectivity index (χ1) is 34.2. The number of hydrogen-bond donors (Lipinski definition) is 2. The SMILES string of the molecule is CN1CCCCC1CCN1c2ccccc2Sc2ccc([S+](C)[O-])cc21.CN1CCCCC1CCN1c2ccccc2Sc2ccc([S+](C)[O-])cc21.NC(=O)c1ccccc1.O=S(=O)(O)c1ccccc1. The lowest BCUT2D eigenvalue weighted by molar-refractivity contribution is 0.1000. The van der Waals surface area contributed by atoms with Crippen LogP contribution in [0, 0.1) is 0 Å². The predicted octanol–water partition coefficient (Wildman–Crippen LogP) is 11.5. The Balaban J connectivity index is 0.000000154. The summed E-state index contributed by atoms with van der Waals surface area (Å²) >= 11 is 1.72. The van der Waals surface area contributed by atoms with Crippen molar-refractivity contribution in [2.45, 2.75) is 97.7 Å². The summed E-state index contributed by atoms with van der Waals surface area (Å²) in [7, 11) is 0.517. The van der Waals surface area contributed by atoms with Crippen LogP contribution < -0.4 is 15.5 Å². The van der Waals surface area contributed by atoms with E-state index in [-0.39, 0.29) is 10.8 Å². The molecule has 376 valence electrons. The van der Waals surface area contributed by atoms with Gasteiger partial charge in [0, 0.05) is 62.5 Å². The number of rotatable bonds is 10. The Labute approximate surface area is 435 Å². The Kier molecular flexibility index (Phi) is 19.9. The zero-order valence-electron chi connectivity index (χ0n) is 40.9. The molecule has 16 heteroatoms. The molecule has 11 nitrogen and oxygen atoms in total. The summed E-state index contributed by atoms with van der Waals surface area (Å²) in [5.74, 6) is -0.379. The van der Waals surface area contributed by atoms with Gasteiger partial charge in [0.1, 0.15) is 12.5 Å². The minimum Gasteiger partial charge on any atom is -0.612 e. The fourth-order valence-corrected chi connectivity index (χ4v) is 13.0. The van der Waals surface area contributed by atoms with E-state index < -0.39 is 32.5 Å². The van der Waals surface area contributed by atoms with Crippen molar-refractivity contribution in [2.75, 3.05) is 62.6 Å². The number of likely N-dealkylation sites (tertiary alicyclic amines) is 2. The van der Waals surface area contributed by atoms with Gasteiger partial charge < -0.3 is 34.4 Å². The van der Waals surface area contributed by atoms with Crippen LogP contribution in [0.3, 0.4) is 0 Å². The highest BCUT2D eigenvalue weighted by Gasteiger charge is 2.29. The van der Waals surface area contributed by atoms with Gasteiger partial charge in [0.25, 0.3) is 10.1 Å². The first kappa shape index (κ1) is 54.3. The highest BCUT2D eigenvalue weighted by molar-refractivity contribution is 8.00. The second-order valence-corrected chi connectivity index (χ2v) is 24.3. The standard InChI is InChI=1S/2C21H26N2OS2.C7H7NO.C6H6O3S/c2*1-22-13-6-5-7-16(22)12-14-23-18-8-3-4-9-20(18)25-21-11-10-17(26(2)24)15-19(21)23;8-7(9)6-4-2-1-3-5-6;7-10(8,9)6-4-2-1-3-5-6/h2*3-4,8-11,15-16H,5-7,12-14H2,1-2H3;1-5H,(H2,8,9);1-5H,(H,7,8,9). The maximum Gasteiger partial charge on any atom is 0.294 e. The lowest BCUT2D eigenvalue weighted by Gasteiger charge is -2.37. The molecule has 10 rings (SSSR count). The lowest BCUT2D eigenvalue weighted by atomic mass is 9.99. The fourth-order valence-electron chi connectivity index (χ4n) is 9.23. The summed E-state index contributed by atoms with van der Waals surface area (Å²) in [6.45, 7) is 4.43. The number of carbonyl (C=O) groups excluding carboxylic acids is 1. The van der Waals surface area contributed by atoms with Crippen molar-refractivity contribution in [2.24, 2.45) is 5.73 Å². The predicted molar refractivity (Wildman–Crippen MR) is 294 cm³/mol. The van der Waals surface area contributed by atoms with Gasteiger partial charge in [-0.15, -0.1) is 0 Å². The number of anilines is 4. The number of amides is 1. The van der Waals surface area contributed by atoms with Crippen LogP contribution in [0.4, 0.5) is 22.7 Å². The Morgan fingerprint density at radius 3 is 1.35 bits per heavy atom. The molecule has 6 aromatic rings. The average molecular weight is 1050 g/mol. The van der Waals surface area contributed by atoms with Gasteiger partial charge in [0.15, 0.2) is 9.79 Å². The van der Waals surface area contributed by atoms with Gasteiger partial charge in [-0.2, -0.15) is 8.42 Å². The molecule has 4 unspecified atom stereocenters. The van der Waals surface area contributed by atoms with E-state index in [0.717, 1.165) is 35.7 Å². The number of primary amides is 1. The molecule has 2 saturated heterocycles. The van der Waals surface area contributed by atoms with Gasteiger partial charge in [-0.3, -0.25) is 9.35 Å². The van der Waals surface area contributed by atoms with E-state index in [1.165, 1.54) is 106 Å². The minimum absolute atomic E-state index is 0.0741. The smallest absolute Gasteiger partial charge is 0.294 e. The van der Waals surface area contributed by atoms with Gasteiger partial charge in [-0.25, -0.2) is 0 Å². The van der Waals surface area contributed by atoms with Gasteiger partial charge in [-0.05, 0) is 161 Å². The molecule has 0 radical (unpaired) electrons. The molecular weight excluding hydrogens is 987 g/mol. The monoisotopic (exact) mass is 1050 g/mol. The van der Waals surface area contributed by atoms with Crippen LogP contribution >= 0.6 is 23.5 Å². The number of para-hydroxylation sites is 2. The molecule has 4 aliphatic rings. The van der Waals surface area contributed by atoms with Crippen LogP contribution in [-0.4, -0.2) is 103 Å². The van der Waals surface area contributed by atoms with Gasteiger partial charge in [0.2, 0.25) is 5.91 Å². The van der Waals surface area contributed by atoms with E-state index in [0.29, 0.717) is 17.6 Å². The molecule has 6 aromatic carbocycles. The van der Waals surface area contributed by atoms with E-state index in [1.54, 1.807) is 55.0 Å². The highest BCUT2D eigenvalue weighted by atomic mass is 32.2. The molecule has 0 saturated carbocycles. The van der Waals surface area contributed by atoms with E-state index in [1.807, 2.05) is 41.7 Å². The Hall–Kier alpha value is -4.46. The van der Waals surface area contributed by atoms with Crippen LogP contribution in [0.1, 0.15) is 61.7 Å². The maximum absolute atomic E-state index is 12.0. The lowest BCUT2D eigenvalue weighted by Crippen LogP contribution is -2.38. The third-order valence-electron chi connectivity index (χ3n) is 13.2. The van der Waals surface area contributed by atoms with Crippen LogP contribution in [0.15, 0.2) is 180 Å². The summed E-state index contributed by atoms with van der Waals surface area (Å²) in [4.78, 5) is 27.2. The van der Waals surface area contributed by atoms with Crippen molar-refractivity contribution < 1.29 is 26.9 Å². The first-order valence-corrected chi connectivity index (χ1v) is 30.2. The average Bonchev–Trinajstić information content (AvgIpc) is 3.38. The van der Waals surface area contributed by atoms with Crippen LogP contribution in [0.25, 0.3) is 0 Å². The highest BCUT2D eigenvalue weighted by Crippen LogP contribution is 2.50. The van der Waals surface area contributed by atoms with Crippen molar-refractivity contribution in [3.63, 3.8) is 0 Å². The molecule has 71 heavy (non-hydrogen) atoms. The summed E-state index contributed by atoms with van der Waals surface area (Å²) < 4.78 is 53.3. The largest absolute Gasteiger partial charge is 0.612 e. The normalized spacial score (nSPS) is 18.2. The Bertz CT molecular complexity index is 2660. The number of benzene rings is 6. The number of fused-ring (bicyclic) bond motifs is 4. The summed E-state index contributed by atoms with van der Waals surface area (Å²) in [6.07, 6.45) is 13.8. The molecule has 3 N–H and O–H groups in total. The third kappa shape index (κ3) is 14.8. The summed E-state index contributed by atoms with van der Waals surface area (Å²) in [6, 6.07) is 47.3. The van der Waals surface area contributed by atoms with Crippen molar-refractivity contribution in [1.82, 2.24) is 9.80 Å². The maximum atomic E-state index is 12.0. The second kappa shape index (κ2) is 26.0. The molecule has 4 aliphatic heterocycles. The Morgan fingerprint density at radius 2 is 0.986 bits per heavy atom. The zero-order chi connectivity index (χ0) is 50.5. The fraction of sp³-hybridized carbons (Fsp3) is 0.327. The molecule has 2 fully saturated rings. The number of nitrogens with two attached hydrogens (primary N) is 1. The number of hydrogen-bond acceptors (Lipinski definition) is 11. The van der Waals surface area contributed by atoms with E-state index in [4.69, 9.17) is 10.3 Å². The molecule has 0 bridgehead atoms. The van der Waals surface area contributed by atoms with Crippen LogP contribution in [-0.2, 0) is 32.5 Å². The van der Waals surface area contributed by atoms with E-state index in [9.17, 15) is 22.3 Å². The topological polar surface area (TPSA) is 157 Å². The molecule has 0 spiro atoms. The van der Waals surface area contributed by atoms with Crippen LogP contribution in [0.5, 0.6) is 0 Å². The van der Waals surface area contributed by atoms with Crippen LogP contribution in [0.2, 0.25) is 0 Å². The first-order valence-electron chi connectivity index (χ1n) is 24.0. The molecule has 0 aliphatic carbocycles. The molecule has 4 atom stereocenters. The van der Waals surface area contributed by atoms with E-state index in [2.05, 4.69) is 106 Å². The van der Waals surface area contributed by atoms with Crippen molar-refractivity contribution in [1.29, 1.82) is 0 Å². The van der Waals surface area contributed by atoms with Gasteiger partial charge in [0.05, 0.1) is 27.6 Å². The van der Waals surface area contributed by atoms with Crippen molar-refractivity contribution >= 4 is 84.7 Å². The van der Waals surface area contributed by atoms with Gasteiger partial charge >= 0.3 is 0 Å². The quantitative estimate of drug-likeness (QED) is 0.0990. The number of piperidine rings is 2. The Morgan fingerprint density at radius 1 is 0.592 bits per heavy atom.